The predicted molar refractivity (Wildman–Crippen MR) is 143 cm³/mol. The molecule has 0 amide bonds. The van der Waals surface area contributed by atoms with Crippen molar-refractivity contribution in [2.45, 2.75) is 53.7 Å². The summed E-state index contributed by atoms with van der Waals surface area (Å²) in [6.45, 7) is 3.07. The van der Waals surface area contributed by atoms with Crippen LogP contribution in [0.25, 0.3) is 0 Å². The molecule has 39 heavy (non-hydrogen) atoms. The van der Waals surface area contributed by atoms with E-state index in [9.17, 15) is 27.2 Å². The van der Waals surface area contributed by atoms with Crippen LogP contribution in [0.3, 0.4) is 0 Å². The number of hydrogen-bond acceptors (Lipinski definition) is 9. The van der Waals surface area contributed by atoms with E-state index in [0.717, 1.165) is 5.56 Å². The third-order valence-electron chi connectivity index (χ3n) is 7.19. The molecule has 3 N–H and O–H groups in total. The van der Waals surface area contributed by atoms with Gasteiger partial charge in [0, 0.05) is 31.7 Å². The molecule has 2 saturated heterocycles. The molecule has 4 rings (SSSR count). The van der Waals surface area contributed by atoms with Gasteiger partial charge in [-0.2, -0.15) is 9.57 Å². The molecule has 0 radical (unpaired) electrons. The maximum Gasteiger partial charge on any atom is 0.244 e. The van der Waals surface area contributed by atoms with E-state index >= 15 is 0 Å². The highest BCUT2D eigenvalue weighted by Gasteiger charge is 2.45. The Hall–Kier alpha value is -2.57. The highest BCUT2D eigenvalue weighted by Crippen LogP contribution is 2.37. The molecule has 2 aromatic carbocycles. The first-order valence-electron chi connectivity index (χ1n) is 12.7. The molecule has 2 atom stereocenters. The molecule has 0 bridgehead atoms. The zero-order chi connectivity index (χ0) is 28.3. The molecule has 2 aliphatic rings. The van der Waals surface area contributed by atoms with Crippen molar-refractivity contribution < 1.29 is 31.4 Å². The van der Waals surface area contributed by atoms with Gasteiger partial charge in [0.05, 0.1) is 22.7 Å². The first-order valence-corrected chi connectivity index (χ1v) is 15.6. The quantitative estimate of drug-likeness (QED) is 0.376. The van der Waals surface area contributed by atoms with Gasteiger partial charge < -0.3 is 19.9 Å². The Bertz CT molecular complexity index is 1430. The topological polar surface area (TPSA) is 158 Å². The fourth-order valence-electron chi connectivity index (χ4n) is 4.94. The van der Waals surface area contributed by atoms with Crippen LogP contribution in [-0.4, -0.2) is 83.9 Å². The van der Waals surface area contributed by atoms with E-state index in [1.165, 1.54) is 29.6 Å². The number of benzene rings is 2. The first-order chi connectivity index (χ1) is 18.5. The van der Waals surface area contributed by atoms with E-state index in [-0.39, 0.29) is 34.5 Å². The van der Waals surface area contributed by atoms with E-state index in [1.54, 1.807) is 31.2 Å². The number of nitrogens with one attached hydrogen (secondary N) is 2. The summed E-state index contributed by atoms with van der Waals surface area (Å²) in [6, 6.07) is 12.8. The third-order valence-corrected chi connectivity index (χ3v) is 10.5. The van der Waals surface area contributed by atoms with Crippen molar-refractivity contribution in [1.82, 2.24) is 14.3 Å². The lowest BCUT2D eigenvalue weighted by Gasteiger charge is -2.38. The zero-order valence-corrected chi connectivity index (χ0v) is 23.6. The van der Waals surface area contributed by atoms with Crippen LogP contribution < -0.4 is 14.8 Å². The highest BCUT2D eigenvalue weighted by atomic mass is 32.2. The predicted octanol–water partition coefficient (Wildman–Crippen LogP) is 1.12. The number of nitrogens with zero attached hydrogens (tertiary/aromatic N) is 2. The minimum absolute atomic E-state index is 0.00567. The van der Waals surface area contributed by atoms with Gasteiger partial charge in [-0.15, -0.1) is 0 Å². The maximum absolute atomic E-state index is 13.3. The smallest absolute Gasteiger partial charge is 0.244 e. The van der Waals surface area contributed by atoms with Crippen LogP contribution in [-0.2, 0) is 24.8 Å². The second-order valence-electron chi connectivity index (χ2n) is 9.97. The third kappa shape index (κ3) is 6.78. The van der Waals surface area contributed by atoms with Crippen LogP contribution in [0.5, 0.6) is 5.75 Å². The molecule has 13 heteroatoms. The molecule has 2 heterocycles. The van der Waals surface area contributed by atoms with E-state index in [2.05, 4.69) is 10.0 Å². The van der Waals surface area contributed by atoms with Gasteiger partial charge in [0.25, 0.3) is 0 Å². The summed E-state index contributed by atoms with van der Waals surface area (Å²) in [5, 5.41) is 23.1. The Morgan fingerprint density at radius 1 is 1.21 bits per heavy atom. The normalized spacial score (nSPS) is 20.5. The van der Waals surface area contributed by atoms with E-state index in [4.69, 9.17) is 9.47 Å². The summed E-state index contributed by atoms with van der Waals surface area (Å²) >= 11 is 0. The van der Waals surface area contributed by atoms with Gasteiger partial charge in [-0.3, -0.25) is 0 Å². The van der Waals surface area contributed by atoms with E-state index in [1.807, 2.05) is 6.07 Å². The molecular formula is C26H34N4O7S2. The number of aryl methyl sites for hydroxylation is 1. The summed E-state index contributed by atoms with van der Waals surface area (Å²) in [7, 11) is -6.06. The molecule has 0 aliphatic carbocycles. The number of nitriles is 1. The summed E-state index contributed by atoms with van der Waals surface area (Å²) in [5.74, 6) is 0.336. The maximum atomic E-state index is 13.3. The van der Waals surface area contributed by atoms with E-state index < -0.39 is 31.8 Å². The Kier molecular flexibility index (Phi) is 8.97. The summed E-state index contributed by atoms with van der Waals surface area (Å²) in [4.78, 5) is 0.117. The Balaban J connectivity index is 1.26. The van der Waals surface area contributed by atoms with Crippen LogP contribution in [0.1, 0.15) is 30.4 Å². The zero-order valence-electron chi connectivity index (χ0n) is 22.0. The molecule has 2 aromatic rings. The van der Waals surface area contributed by atoms with Crippen LogP contribution in [0, 0.1) is 18.3 Å². The van der Waals surface area contributed by atoms with Crippen molar-refractivity contribution >= 4 is 20.0 Å². The summed E-state index contributed by atoms with van der Waals surface area (Å²) < 4.78 is 65.8. The molecule has 1 spiro atoms. The van der Waals surface area contributed by atoms with Crippen LogP contribution in [0.4, 0.5) is 0 Å². The number of aliphatic hydroxyl groups is 1. The lowest BCUT2D eigenvalue weighted by molar-refractivity contribution is -0.0312. The average Bonchev–Trinajstić information content (AvgIpc) is 3.33. The SMILES string of the molecule is CNS(=O)(=O)c1cccc(OCC(O)CNC2COC3(CCN(S(=O)(=O)c4cc(C)ccc4C#N)CC3)C2)c1. The van der Waals surface area contributed by atoms with Gasteiger partial charge in [-0.1, -0.05) is 12.1 Å². The highest BCUT2D eigenvalue weighted by molar-refractivity contribution is 7.89. The minimum Gasteiger partial charge on any atom is -0.491 e. The lowest BCUT2D eigenvalue weighted by atomic mass is 9.88. The molecule has 2 fully saturated rings. The van der Waals surface area contributed by atoms with Crippen LogP contribution in [0.2, 0.25) is 0 Å². The molecule has 2 aliphatic heterocycles. The fraction of sp³-hybridized carbons (Fsp3) is 0.500. The lowest BCUT2D eigenvalue weighted by Crippen LogP contribution is -2.47. The average molecular weight is 579 g/mol. The van der Waals surface area contributed by atoms with Crippen molar-refractivity contribution in [3.05, 3.63) is 53.6 Å². The monoisotopic (exact) mass is 578 g/mol. The van der Waals surface area contributed by atoms with Crippen molar-refractivity contribution in [3.63, 3.8) is 0 Å². The molecule has 0 saturated carbocycles. The Labute approximate surface area is 229 Å². The largest absolute Gasteiger partial charge is 0.491 e. The molecular weight excluding hydrogens is 544 g/mol. The van der Waals surface area contributed by atoms with Gasteiger partial charge in [0.1, 0.15) is 29.4 Å². The number of hydrogen-bond donors (Lipinski definition) is 3. The Morgan fingerprint density at radius 3 is 2.64 bits per heavy atom. The summed E-state index contributed by atoms with van der Waals surface area (Å²) in [5.41, 5.74) is 0.479. The number of piperidine rings is 1. The molecule has 0 aromatic heterocycles. The van der Waals surface area contributed by atoms with E-state index in [0.29, 0.717) is 44.7 Å². The van der Waals surface area contributed by atoms with Gasteiger partial charge >= 0.3 is 0 Å². The van der Waals surface area contributed by atoms with Crippen LogP contribution in [0.15, 0.2) is 52.3 Å². The summed E-state index contributed by atoms with van der Waals surface area (Å²) in [6.07, 6.45) is 0.930. The number of aliphatic hydroxyl groups excluding tert-OH is 1. The van der Waals surface area contributed by atoms with Crippen molar-refractivity contribution in [3.8, 4) is 11.8 Å². The van der Waals surface area contributed by atoms with Gasteiger partial charge in [-0.05, 0) is 63.1 Å². The Morgan fingerprint density at radius 2 is 1.95 bits per heavy atom. The van der Waals surface area contributed by atoms with Gasteiger partial charge in [0.2, 0.25) is 20.0 Å². The minimum atomic E-state index is -3.79. The van der Waals surface area contributed by atoms with Crippen molar-refractivity contribution in [2.75, 3.05) is 39.9 Å². The number of rotatable bonds is 10. The van der Waals surface area contributed by atoms with Gasteiger partial charge in [0.15, 0.2) is 0 Å². The van der Waals surface area contributed by atoms with Gasteiger partial charge in [-0.25, -0.2) is 21.6 Å². The second kappa shape index (κ2) is 11.9. The number of sulfonamides is 2. The molecule has 2 unspecified atom stereocenters. The van der Waals surface area contributed by atoms with Crippen molar-refractivity contribution in [1.29, 1.82) is 5.26 Å². The van der Waals surface area contributed by atoms with Crippen LogP contribution >= 0.6 is 0 Å². The first kappa shape index (κ1) is 29.4. The molecule has 11 nitrogen and oxygen atoms in total. The second-order valence-corrected chi connectivity index (χ2v) is 13.8. The fourth-order valence-corrected chi connectivity index (χ4v) is 7.37. The number of ether oxygens (including phenoxy) is 2. The molecule has 212 valence electrons. The standard InChI is InChI=1S/C26H34N4O7S2/c1-19-6-7-20(15-27)25(12-19)39(34,35)30-10-8-26(9-11-30)14-21(17-37-26)29-16-22(31)18-36-23-4-3-5-24(13-23)38(32,33)28-2/h3-7,12-13,21-22,28-29,31H,8-11,14,16-18H2,1-2H3. The van der Waals surface area contributed by atoms with Crippen molar-refractivity contribution in [2.24, 2.45) is 0 Å².